The van der Waals surface area contributed by atoms with Crippen molar-refractivity contribution in [3.63, 3.8) is 0 Å². The highest BCUT2D eigenvalue weighted by Gasteiger charge is 2.43. The van der Waals surface area contributed by atoms with Gasteiger partial charge < -0.3 is 20.9 Å². The minimum atomic E-state index is -0.328. The minimum Gasteiger partial charge on any atom is -0.389 e. The van der Waals surface area contributed by atoms with Crippen LogP contribution in [0.15, 0.2) is 30.3 Å². The minimum absolute atomic E-state index is 0.116. The van der Waals surface area contributed by atoms with Crippen molar-refractivity contribution in [1.82, 2.24) is 20.0 Å². The van der Waals surface area contributed by atoms with E-state index in [1.165, 1.54) is 21.1 Å². The number of nitrogen functional groups attached to an aromatic ring is 1. The topological polar surface area (TPSA) is 106 Å². The summed E-state index contributed by atoms with van der Waals surface area (Å²) in [6.45, 7) is 2.15. The molecule has 3 N–H and O–H groups in total. The van der Waals surface area contributed by atoms with Gasteiger partial charge in [0.15, 0.2) is 0 Å². The molecule has 192 valence electrons. The summed E-state index contributed by atoms with van der Waals surface area (Å²) in [4.78, 5) is 33.8. The molecular formula is C27H36N6O2S. The van der Waals surface area contributed by atoms with Crippen molar-refractivity contribution in [3.8, 4) is 6.07 Å². The Bertz CT molecular complexity index is 1130. The van der Waals surface area contributed by atoms with Crippen LogP contribution in [0.5, 0.6) is 0 Å². The van der Waals surface area contributed by atoms with Gasteiger partial charge in [0, 0.05) is 37.1 Å². The zero-order valence-corrected chi connectivity index (χ0v) is 22.2. The number of nitrogens with two attached hydrogens (primary N) is 1. The van der Waals surface area contributed by atoms with E-state index in [1.54, 1.807) is 0 Å². The molecule has 0 spiro atoms. The molecule has 4 rings (SSSR count). The van der Waals surface area contributed by atoms with Gasteiger partial charge in [-0.05, 0) is 63.9 Å². The number of carbonyl (C=O) groups excluding carboxylic acids is 2. The van der Waals surface area contributed by atoms with Crippen LogP contribution in [0.2, 0.25) is 0 Å². The van der Waals surface area contributed by atoms with Crippen molar-refractivity contribution in [2.45, 2.75) is 31.7 Å². The number of hydrogen-bond acceptors (Lipinski definition) is 7. The van der Waals surface area contributed by atoms with Gasteiger partial charge in [-0.15, -0.1) is 11.3 Å². The number of carbonyl (C=O) groups is 2. The number of amides is 3. The molecule has 2 aliphatic rings. The molecule has 1 saturated heterocycles. The quantitative estimate of drug-likeness (QED) is 0.596. The van der Waals surface area contributed by atoms with Crippen LogP contribution in [0, 0.1) is 23.2 Å². The summed E-state index contributed by atoms with van der Waals surface area (Å²) in [5, 5.41) is 13.1. The standard InChI is InChI=1S/C27H36N6O2S/c1-31(2)12-10-30-27(35)33(11-9-18-7-5-4-6-8-18)26(34)20-13-19-14-21-22(16-28)25(29)36-24(21)15-23(19)32(3)17-20/h4-8,19-20,23H,9-15,17,29H2,1-3H3,(H,30,35). The summed E-state index contributed by atoms with van der Waals surface area (Å²) in [5.41, 5.74) is 8.88. The Balaban J connectivity index is 1.49. The lowest BCUT2D eigenvalue weighted by molar-refractivity contribution is -0.135. The first-order valence-electron chi connectivity index (χ1n) is 12.6. The third kappa shape index (κ3) is 5.72. The van der Waals surface area contributed by atoms with Crippen LogP contribution in [0.25, 0.3) is 0 Å². The maximum Gasteiger partial charge on any atom is 0.324 e. The van der Waals surface area contributed by atoms with E-state index in [2.05, 4.69) is 23.3 Å². The molecule has 1 fully saturated rings. The number of rotatable bonds is 7. The van der Waals surface area contributed by atoms with E-state index in [-0.39, 0.29) is 23.8 Å². The van der Waals surface area contributed by atoms with Crippen molar-refractivity contribution < 1.29 is 9.59 Å². The van der Waals surface area contributed by atoms with E-state index < -0.39 is 0 Å². The first kappa shape index (κ1) is 26.1. The Morgan fingerprint density at radius 1 is 1.22 bits per heavy atom. The van der Waals surface area contributed by atoms with Gasteiger partial charge in [-0.3, -0.25) is 9.69 Å². The van der Waals surface area contributed by atoms with Crippen molar-refractivity contribution in [3.05, 3.63) is 51.9 Å². The summed E-state index contributed by atoms with van der Waals surface area (Å²) in [6.07, 6.45) is 2.94. The Kier molecular flexibility index (Phi) is 8.29. The third-order valence-electron chi connectivity index (χ3n) is 7.46. The fourth-order valence-corrected chi connectivity index (χ4v) is 6.65. The Morgan fingerprint density at radius 2 is 1.97 bits per heavy atom. The number of thiophene rings is 1. The van der Waals surface area contributed by atoms with Crippen molar-refractivity contribution in [2.24, 2.45) is 11.8 Å². The average molecular weight is 509 g/mol. The summed E-state index contributed by atoms with van der Waals surface area (Å²) in [7, 11) is 5.97. The summed E-state index contributed by atoms with van der Waals surface area (Å²) in [5.74, 6) is -0.136. The van der Waals surface area contributed by atoms with E-state index >= 15 is 0 Å². The molecule has 0 bridgehead atoms. The molecule has 1 aliphatic heterocycles. The van der Waals surface area contributed by atoms with Gasteiger partial charge in [0.05, 0.1) is 11.5 Å². The first-order valence-corrected chi connectivity index (χ1v) is 13.4. The highest BCUT2D eigenvalue weighted by Crippen LogP contribution is 2.43. The lowest BCUT2D eigenvalue weighted by atomic mass is 9.74. The SMILES string of the molecule is CN(C)CCNC(=O)N(CCc1ccccc1)C(=O)C1CC2Cc3c(sc(N)c3C#N)CC2N(C)C1. The number of likely N-dealkylation sites (N-methyl/N-ethyl adjacent to an activating group) is 2. The zero-order valence-electron chi connectivity index (χ0n) is 21.4. The molecule has 3 amide bonds. The fourth-order valence-electron chi connectivity index (χ4n) is 5.55. The Hall–Kier alpha value is -2.93. The number of urea groups is 1. The van der Waals surface area contributed by atoms with Crippen LogP contribution in [0.1, 0.15) is 28.0 Å². The summed E-state index contributed by atoms with van der Waals surface area (Å²) in [6, 6.07) is 12.2. The van der Waals surface area contributed by atoms with E-state index in [1.807, 2.05) is 49.3 Å². The van der Waals surface area contributed by atoms with Gasteiger partial charge in [-0.25, -0.2) is 4.79 Å². The number of nitrogens with zero attached hydrogens (tertiary/aromatic N) is 4. The number of fused-ring (bicyclic) bond motifs is 2. The number of benzene rings is 1. The predicted molar refractivity (Wildman–Crippen MR) is 143 cm³/mol. The zero-order chi connectivity index (χ0) is 25.8. The lowest BCUT2D eigenvalue weighted by Crippen LogP contribution is -2.55. The van der Waals surface area contributed by atoms with Crippen LogP contribution < -0.4 is 11.1 Å². The van der Waals surface area contributed by atoms with Gasteiger partial charge in [0.1, 0.15) is 11.1 Å². The molecule has 1 aromatic heterocycles. The van der Waals surface area contributed by atoms with E-state index in [0.29, 0.717) is 55.6 Å². The number of hydrogen-bond donors (Lipinski definition) is 2. The van der Waals surface area contributed by atoms with Crippen LogP contribution >= 0.6 is 11.3 Å². The summed E-state index contributed by atoms with van der Waals surface area (Å²) < 4.78 is 0. The number of piperidine rings is 1. The van der Waals surface area contributed by atoms with E-state index in [9.17, 15) is 14.9 Å². The number of nitriles is 1. The molecule has 1 aliphatic carbocycles. The molecule has 36 heavy (non-hydrogen) atoms. The molecule has 2 heterocycles. The van der Waals surface area contributed by atoms with Gasteiger partial charge >= 0.3 is 6.03 Å². The van der Waals surface area contributed by atoms with Gasteiger partial charge in [-0.1, -0.05) is 30.3 Å². The van der Waals surface area contributed by atoms with Gasteiger partial charge in [0.25, 0.3) is 0 Å². The van der Waals surface area contributed by atoms with Crippen molar-refractivity contribution in [2.75, 3.05) is 53.1 Å². The van der Waals surface area contributed by atoms with Crippen LogP contribution in [-0.4, -0.2) is 80.0 Å². The Labute approximate surface area is 217 Å². The summed E-state index contributed by atoms with van der Waals surface area (Å²) >= 11 is 1.53. The molecule has 1 aromatic carbocycles. The number of nitrogens with one attached hydrogen (secondary N) is 1. The van der Waals surface area contributed by atoms with Gasteiger partial charge in [-0.2, -0.15) is 5.26 Å². The average Bonchev–Trinajstić information content (AvgIpc) is 3.17. The number of imide groups is 1. The normalized spacial score (nSPS) is 21.4. The van der Waals surface area contributed by atoms with Crippen LogP contribution in [0.3, 0.4) is 0 Å². The highest BCUT2D eigenvalue weighted by atomic mass is 32.1. The molecule has 9 heteroatoms. The molecule has 0 saturated carbocycles. The maximum atomic E-state index is 13.8. The monoisotopic (exact) mass is 508 g/mol. The molecular weight excluding hydrogens is 472 g/mol. The molecule has 3 unspecified atom stereocenters. The smallest absolute Gasteiger partial charge is 0.324 e. The van der Waals surface area contributed by atoms with Crippen LogP contribution in [0.4, 0.5) is 9.80 Å². The molecule has 0 radical (unpaired) electrons. The first-order chi connectivity index (χ1) is 17.3. The number of anilines is 1. The second kappa shape index (κ2) is 11.4. The second-order valence-corrected chi connectivity index (χ2v) is 11.4. The Morgan fingerprint density at radius 3 is 2.67 bits per heavy atom. The molecule has 2 aromatic rings. The third-order valence-corrected chi connectivity index (χ3v) is 8.54. The highest BCUT2D eigenvalue weighted by molar-refractivity contribution is 7.16. The molecule has 3 atom stereocenters. The van der Waals surface area contributed by atoms with Gasteiger partial charge in [0.2, 0.25) is 5.91 Å². The predicted octanol–water partition coefficient (Wildman–Crippen LogP) is 2.58. The number of likely N-dealkylation sites (tertiary alicyclic amines) is 1. The van der Waals surface area contributed by atoms with Crippen LogP contribution in [-0.2, 0) is 24.1 Å². The van der Waals surface area contributed by atoms with E-state index in [0.717, 1.165) is 24.0 Å². The van der Waals surface area contributed by atoms with Crippen molar-refractivity contribution >= 4 is 28.3 Å². The fraction of sp³-hybridized carbons (Fsp3) is 0.519. The van der Waals surface area contributed by atoms with Crippen molar-refractivity contribution in [1.29, 1.82) is 5.26 Å². The molecule has 8 nitrogen and oxygen atoms in total. The lowest BCUT2D eigenvalue weighted by Gasteiger charge is -2.45. The largest absolute Gasteiger partial charge is 0.389 e. The van der Waals surface area contributed by atoms with E-state index in [4.69, 9.17) is 5.73 Å². The second-order valence-electron chi connectivity index (χ2n) is 10.2. The maximum absolute atomic E-state index is 13.8.